The number of hydrogen-bond acceptors (Lipinski definition) is 6. The van der Waals surface area contributed by atoms with Crippen LogP contribution in [0.3, 0.4) is 0 Å². The Labute approximate surface area is 216 Å². The summed E-state index contributed by atoms with van der Waals surface area (Å²) < 4.78 is 15.7. The van der Waals surface area contributed by atoms with Crippen LogP contribution in [0.5, 0.6) is 17.2 Å². The monoisotopic (exact) mass is 500 g/mol. The predicted molar refractivity (Wildman–Crippen MR) is 145 cm³/mol. The van der Waals surface area contributed by atoms with Crippen molar-refractivity contribution in [3.8, 4) is 17.2 Å². The van der Waals surface area contributed by atoms with Gasteiger partial charge in [-0.3, -0.25) is 4.79 Å². The van der Waals surface area contributed by atoms with Gasteiger partial charge in [0.1, 0.15) is 5.75 Å². The van der Waals surface area contributed by atoms with Crippen LogP contribution >= 0.6 is 0 Å². The highest BCUT2D eigenvalue weighted by atomic mass is 16.5. The summed E-state index contributed by atoms with van der Waals surface area (Å²) in [5.41, 5.74) is 5.76. The maximum absolute atomic E-state index is 11.1. The molecule has 3 rings (SSSR count). The van der Waals surface area contributed by atoms with Crippen molar-refractivity contribution in [3.63, 3.8) is 0 Å². The quantitative estimate of drug-likeness (QED) is 0.393. The van der Waals surface area contributed by atoms with Gasteiger partial charge >= 0.3 is 5.97 Å². The number of benzene rings is 2. The molecule has 0 aromatic heterocycles. The lowest BCUT2D eigenvalue weighted by atomic mass is 9.78. The summed E-state index contributed by atoms with van der Waals surface area (Å²) >= 11 is 0. The van der Waals surface area contributed by atoms with Crippen molar-refractivity contribution in [2.45, 2.75) is 52.4 Å². The molecular formula is C29H44N2O5. The van der Waals surface area contributed by atoms with Gasteiger partial charge in [-0.25, -0.2) is 0 Å². The van der Waals surface area contributed by atoms with Gasteiger partial charge in [0.2, 0.25) is 0 Å². The molecule has 7 heteroatoms. The number of methoxy groups -OCH3 is 3. The summed E-state index contributed by atoms with van der Waals surface area (Å²) in [6.07, 6.45) is 3.15. The predicted octanol–water partition coefficient (Wildman–Crippen LogP) is 4.47. The Balaban J connectivity index is 0.000000293. The summed E-state index contributed by atoms with van der Waals surface area (Å²) in [5.74, 6) is 2.30. The molecule has 0 spiro atoms. The van der Waals surface area contributed by atoms with Gasteiger partial charge in [0.05, 0.1) is 27.8 Å². The molecule has 1 aliphatic carbocycles. The molecule has 200 valence electrons. The molecule has 0 radical (unpaired) electrons. The van der Waals surface area contributed by atoms with Gasteiger partial charge in [-0.2, -0.15) is 0 Å². The number of carboxylic acid groups (broad SMARTS) is 1. The SMILES string of the molecule is CCN(C)CCCNCCc1cc(C)c(OC)cc1CC(=O)O.COc1cc2c(cc1OC)C(C)C2. The smallest absolute Gasteiger partial charge is 0.307 e. The van der Waals surface area contributed by atoms with E-state index in [1.807, 2.05) is 19.1 Å². The third kappa shape index (κ3) is 8.42. The van der Waals surface area contributed by atoms with Gasteiger partial charge in [-0.1, -0.05) is 19.9 Å². The highest BCUT2D eigenvalue weighted by molar-refractivity contribution is 5.71. The first-order valence-corrected chi connectivity index (χ1v) is 12.8. The van der Waals surface area contributed by atoms with E-state index >= 15 is 0 Å². The number of aliphatic carboxylic acids is 1. The summed E-state index contributed by atoms with van der Waals surface area (Å²) in [7, 11) is 7.08. The molecule has 1 unspecified atom stereocenters. The van der Waals surface area contributed by atoms with Crippen LogP contribution in [0.25, 0.3) is 0 Å². The number of carbonyl (C=O) groups is 1. The average molecular weight is 501 g/mol. The summed E-state index contributed by atoms with van der Waals surface area (Å²) in [5, 5.41) is 12.5. The third-order valence-electron chi connectivity index (χ3n) is 6.77. The fraction of sp³-hybridized carbons (Fsp3) is 0.552. The van der Waals surface area contributed by atoms with Gasteiger partial charge in [0.25, 0.3) is 0 Å². The van der Waals surface area contributed by atoms with Crippen molar-refractivity contribution >= 4 is 5.97 Å². The number of carboxylic acids is 1. The summed E-state index contributed by atoms with van der Waals surface area (Å²) in [6, 6.07) is 8.06. The molecule has 2 aromatic rings. The second-order valence-corrected chi connectivity index (χ2v) is 9.42. The first kappa shape index (κ1) is 29.5. The Morgan fingerprint density at radius 2 is 1.69 bits per heavy atom. The number of nitrogens with zero attached hydrogens (tertiary/aromatic N) is 1. The molecule has 0 amide bonds. The molecule has 0 saturated heterocycles. The molecule has 0 fully saturated rings. The van der Waals surface area contributed by atoms with Crippen LogP contribution in [0.1, 0.15) is 54.0 Å². The third-order valence-corrected chi connectivity index (χ3v) is 6.77. The Morgan fingerprint density at radius 1 is 1.03 bits per heavy atom. The van der Waals surface area contributed by atoms with Crippen LogP contribution in [0.4, 0.5) is 0 Å². The minimum absolute atomic E-state index is 0.0350. The zero-order valence-corrected chi connectivity index (χ0v) is 23.1. The van der Waals surface area contributed by atoms with Gasteiger partial charge in [-0.15, -0.1) is 0 Å². The molecule has 1 aliphatic rings. The van der Waals surface area contributed by atoms with Crippen molar-refractivity contribution < 1.29 is 24.1 Å². The summed E-state index contributed by atoms with van der Waals surface area (Å²) in [4.78, 5) is 13.3. The van der Waals surface area contributed by atoms with E-state index < -0.39 is 5.97 Å². The van der Waals surface area contributed by atoms with Crippen LogP contribution in [0.2, 0.25) is 0 Å². The fourth-order valence-electron chi connectivity index (χ4n) is 4.43. The van der Waals surface area contributed by atoms with E-state index in [1.165, 1.54) is 11.1 Å². The molecule has 1 atom stereocenters. The fourth-order valence-corrected chi connectivity index (χ4v) is 4.43. The van der Waals surface area contributed by atoms with E-state index in [9.17, 15) is 4.79 Å². The molecule has 36 heavy (non-hydrogen) atoms. The Morgan fingerprint density at radius 3 is 2.28 bits per heavy atom. The maximum Gasteiger partial charge on any atom is 0.307 e. The molecule has 2 aromatic carbocycles. The van der Waals surface area contributed by atoms with Gasteiger partial charge in [0.15, 0.2) is 11.5 Å². The van der Waals surface area contributed by atoms with Crippen molar-refractivity contribution in [1.29, 1.82) is 0 Å². The van der Waals surface area contributed by atoms with Gasteiger partial charge < -0.3 is 29.5 Å². The topological polar surface area (TPSA) is 80.3 Å². The number of ether oxygens (including phenoxy) is 3. The number of nitrogens with one attached hydrogen (secondary N) is 1. The lowest BCUT2D eigenvalue weighted by Crippen LogP contribution is -2.25. The van der Waals surface area contributed by atoms with Crippen LogP contribution in [-0.4, -0.2) is 70.5 Å². The lowest BCUT2D eigenvalue weighted by molar-refractivity contribution is -0.136. The van der Waals surface area contributed by atoms with Crippen LogP contribution in [0.15, 0.2) is 24.3 Å². The Bertz CT molecular complexity index is 992. The second kappa shape index (κ2) is 14.7. The number of hydrogen-bond donors (Lipinski definition) is 2. The highest BCUT2D eigenvalue weighted by Crippen LogP contribution is 2.41. The Hall–Kier alpha value is -2.77. The molecular weight excluding hydrogens is 456 g/mol. The molecule has 0 aliphatic heterocycles. The summed E-state index contributed by atoms with van der Waals surface area (Å²) in [6.45, 7) is 10.4. The second-order valence-electron chi connectivity index (χ2n) is 9.42. The highest BCUT2D eigenvalue weighted by Gasteiger charge is 2.24. The van der Waals surface area contributed by atoms with E-state index in [-0.39, 0.29) is 6.42 Å². The lowest BCUT2D eigenvalue weighted by Gasteiger charge is -2.28. The maximum atomic E-state index is 11.1. The van der Waals surface area contributed by atoms with Crippen molar-refractivity contribution in [2.75, 3.05) is 54.6 Å². The number of rotatable bonds is 13. The molecule has 2 N–H and O–H groups in total. The molecule has 0 saturated carbocycles. The zero-order valence-electron chi connectivity index (χ0n) is 23.1. The van der Waals surface area contributed by atoms with Crippen LogP contribution in [-0.2, 0) is 24.1 Å². The normalized spacial score (nSPS) is 13.8. The van der Waals surface area contributed by atoms with E-state index in [0.717, 1.165) is 79.4 Å². The van der Waals surface area contributed by atoms with Crippen LogP contribution in [0, 0.1) is 6.92 Å². The first-order chi connectivity index (χ1) is 17.2. The van der Waals surface area contributed by atoms with E-state index in [2.05, 4.69) is 43.2 Å². The van der Waals surface area contributed by atoms with Crippen molar-refractivity contribution in [2.24, 2.45) is 0 Å². The average Bonchev–Trinajstić information content (AvgIpc) is 2.86. The Kier molecular flexibility index (Phi) is 12.0. The van der Waals surface area contributed by atoms with E-state index in [0.29, 0.717) is 5.92 Å². The van der Waals surface area contributed by atoms with Gasteiger partial charge in [0, 0.05) is 0 Å². The minimum atomic E-state index is -0.812. The number of fused-ring (bicyclic) bond motifs is 1. The first-order valence-electron chi connectivity index (χ1n) is 12.8. The van der Waals surface area contributed by atoms with Gasteiger partial charge in [-0.05, 0) is 111 Å². The molecule has 0 bridgehead atoms. The largest absolute Gasteiger partial charge is 0.496 e. The zero-order chi connectivity index (χ0) is 26.7. The van der Waals surface area contributed by atoms with Crippen molar-refractivity contribution in [1.82, 2.24) is 10.2 Å². The van der Waals surface area contributed by atoms with Crippen molar-refractivity contribution in [3.05, 3.63) is 52.1 Å². The van der Waals surface area contributed by atoms with E-state index in [4.69, 9.17) is 19.3 Å². The molecule has 7 nitrogen and oxygen atoms in total. The molecule has 0 heterocycles. The van der Waals surface area contributed by atoms with E-state index in [1.54, 1.807) is 21.3 Å². The van der Waals surface area contributed by atoms with Crippen LogP contribution < -0.4 is 19.5 Å². The number of aryl methyl sites for hydroxylation is 1. The standard InChI is InChI=1S/C18H30N2O3.C11H14O2/c1-5-20(3)10-6-8-19-9-7-15-11-14(2)17(23-4)12-16(15)13-18(21)22;1-7-4-8-5-10(12-2)11(13-3)6-9(7)8/h11-12,19H,5-10,13H2,1-4H3,(H,21,22);5-7H,4H2,1-3H3. The minimum Gasteiger partial charge on any atom is -0.496 e.